The molecule has 0 saturated heterocycles. The van der Waals surface area contributed by atoms with Gasteiger partial charge in [0.1, 0.15) is 0 Å². The molecule has 1 amide bonds. The molecule has 2 aromatic carbocycles. The number of hydrogen-bond acceptors (Lipinski definition) is 6. The summed E-state index contributed by atoms with van der Waals surface area (Å²) in [4.78, 5) is 45.8. The van der Waals surface area contributed by atoms with Crippen LogP contribution >= 0.6 is 11.6 Å². The second kappa shape index (κ2) is 10.2. The maximum absolute atomic E-state index is 13.2. The van der Waals surface area contributed by atoms with Gasteiger partial charge in [0.2, 0.25) is 0 Å². The van der Waals surface area contributed by atoms with Gasteiger partial charge < -0.3 is 10.1 Å². The van der Waals surface area contributed by atoms with Crippen LogP contribution in [0.1, 0.15) is 35.7 Å². The second-order valence-electron chi connectivity index (χ2n) is 6.54. The Kier molecular flexibility index (Phi) is 7.92. The molecule has 12 heteroatoms. The molecule has 1 unspecified atom stereocenters. The summed E-state index contributed by atoms with van der Waals surface area (Å²) in [5, 5.41) is 13.1. The molecule has 0 aromatic heterocycles. The van der Waals surface area contributed by atoms with Gasteiger partial charge in [-0.2, -0.15) is 13.2 Å². The van der Waals surface area contributed by atoms with E-state index in [1.54, 1.807) is 0 Å². The number of nitrogens with one attached hydrogen (secondary N) is 1. The van der Waals surface area contributed by atoms with E-state index in [2.05, 4.69) is 0 Å². The minimum absolute atomic E-state index is 0.213. The minimum Gasteiger partial charge on any atom is -0.453 e. The van der Waals surface area contributed by atoms with Crippen molar-refractivity contribution in [3.05, 3.63) is 68.7 Å². The van der Waals surface area contributed by atoms with Gasteiger partial charge in [-0.25, -0.2) is 0 Å². The van der Waals surface area contributed by atoms with E-state index in [0.717, 1.165) is 19.1 Å². The van der Waals surface area contributed by atoms with Crippen LogP contribution in [-0.4, -0.2) is 28.7 Å². The predicted octanol–water partition coefficient (Wildman–Crippen LogP) is 4.80. The van der Waals surface area contributed by atoms with E-state index >= 15 is 0 Å². The van der Waals surface area contributed by atoms with Crippen molar-refractivity contribution in [2.45, 2.75) is 32.0 Å². The molecule has 0 aliphatic carbocycles. The van der Waals surface area contributed by atoms with Crippen LogP contribution in [0.5, 0.6) is 0 Å². The van der Waals surface area contributed by atoms with Crippen LogP contribution in [0.25, 0.3) is 0 Å². The lowest BCUT2D eigenvalue weighted by Gasteiger charge is -2.16. The Hall–Kier alpha value is -3.47. The van der Waals surface area contributed by atoms with Crippen molar-refractivity contribution in [3.63, 3.8) is 0 Å². The maximum atomic E-state index is 13.2. The molecule has 170 valence electrons. The van der Waals surface area contributed by atoms with Gasteiger partial charge in [0.25, 0.3) is 11.6 Å². The Balaban J connectivity index is 1.97. The molecule has 0 spiro atoms. The molecule has 0 heterocycles. The second-order valence-corrected chi connectivity index (χ2v) is 6.97. The first-order valence-electron chi connectivity index (χ1n) is 9.03. The highest BCUT2D eigenvalue weighted by Crippen LogP contribution is 2.37. The summed E-state index contributed by atoms with van der Waals surface area (Å²) >= 11 is 5.73. The van der Waals surface area contributed by atoms with Gasteiger partial charge in [-0.15, -0.1) is 0 Å². The predicted molar refractivity (Wildman–Crippen MR) is 107 cm³/mol. The molecule has 0 fully saturated rings. The number of esters is 1. The number of hydrogen-bond donors (Lipinski definition) is 1. The van der Waals surface area contributed by atoms with E-state index in [1.165, 1.54) is 24.3 Å². The van der Waals surface area contributed by atoms with E-state index in [-0.39, 0.29) is 24.7 Å². The molecule has 32 heavy (non-hydrogen) atoms. The number of non-ortho nitro benzene ring substituents is 1. The molecule has 0 radical (unpaired) electrons. The first-order valence-corrected chi connectivity index (χ1v) is 9.41. The standard InChI is InChI=1S/C20H16ClF3N2O6/c1-11(32-18(28)9-8-17(27)12-2-4-13(21)5-3-12)19(29)25-16-7-6-14(26(30)31)10-15(16)20(22,23)24/h2-7,10-11H,8-9H2,1H3,(H,25,29). The molecule has 1 atom stereocenters. The lowest BCUT2D eigenvalue weighted by molar-refractivity contribution is -0.385. The number of rotatable bonds is 8. The monoisotopic (exact) mass is 472 g/mol. The number of ketones is 1. The van der Waals surface area contributed by atoms with Gasteiger partial charge in [-0.1, -0.05) is 11.6 Å². The number of carbonyl (C=O) groups is 3. The highest BCUT2D eigenvalue weighted by molar-refractivity contribution is 6.30. The van der Waals surface area contributed by atoms with Crippen molar-refractivity contribution < 1.29 is 37.2 Å². The molecule has 0 saturated carbocycles. The number of carbonyl (C=O) groups excluding carboxylic acids is 3. The summed E-state index contributed by atoms with van der Waals surface area (Å²) in [7, 11) is 0. The third kappa shape index (κ3) is 6.77. The van der Waals surface area contributed by atoms with E-state index in [9.17, 15) is 37.7 Å². The van der Waals surface area contributed by atoms with Crippen molar-refractivity contribution in [2.24, 2.45) is 0 Å². The number of anilines is 1. The topological polar surface area (TPSA) is 116 Å². The lowest BCUT2D eigenvalue weighted by atomic mass is 10.1. The van der Waals surface area contributed by atoms with E-state index < -0.39 is 46.0 Å². The average molecular weight is 473 g/mol. The number of nitrogens with zero attached hydrogens (tertiary/aromatic N) is 1. The van der Waals surface area contributed by atoms with Gasteiger partial charge >= 0.3 is 12.1 Å². The number of alkyl halides is 3. The maximum Gasteiger partial charge on any atom is 0.418 e. The Labute approximate surface area is 184 Å². The van der Waals surface area contributed by atoms with Crippen LogP contribution in [0.3, 0.4) is 0 Å². The number of nitro benzene ring substituents is 1. The summed E-state index contributed by atoms with van der Waals surface area (Å²) in [5.41, 5.74) is -2.63. The summed E-state index contributed by atoms with van der Waals surface area (Å²) in [6.07, 6.45) is -7.03. The van der Waals surface area contributed by atoms with Crippen molar-refractivity contribution >= 4 is 40.6 Å². The third-order valence-corrected chi connectivity index (χ3v) is 4.43. The van der Waals surface area contributed by atoms with E-state index in [0.29, 0.717) is 10.6 Å². The van der Waals surface area contributed by atoms with Crippen molar-refractivity contribution in [2.75, 3.05) is 5.32 Å². The van der Waals surface area contributed by atoms with Gasteiger partial charge in [0, 0.05) is 29.1 Å². The zero-order chi connectivity index (χ0) is 24.1. The van der Waals surface area contributed by atoms with Crippen molar-refractivity contribution in [1.82, 2.24) is 0 Å². The Morgan fingerprint density at radius 3 is 2.31 bits per heavy atom. The van der Waals surface area contributed by atoms with Crippen LogP contribution in [-0.2, 0) is 20.5 Å². The average Bonchev–Trinajstić information content (AvgIpc) is 2.71. The van der Waals surface area contributed by atoms with Crippen LogP contribution in [0, 0.1) is 10.1 Å². The van der Waals surface area contributed by atoms with Crippen LogP contribution in [0.2, 0.25) is 5.02 Å². The number of Topliss-reactive ketones (excluding diaryl/α,β-unsaturated/α-hetero) is 1. The summed E-state index contributed by atoms with van der Waals surface area (Å²) in [5.74, 6) is -2.35. The first kappa shape index (κ1) is 24.8. The fourth-order valence-corrected chi connectivity index (χ4v) is 2.66. The fourth-order valence-electron chi connectivity index (χ4n) is 2.53. The highest BCUT2D eigenvalue weighted by Gasteiger charge is 2.36. The Morgan fingerprint density at radius 2 is 1.75 bits per heavy atom. The zero-order valence-corrected chi connectivity index (χ0v) is 17.2. The number of ether oxygens (including phenoxy) is 1. The lowest BCUT2D eigenvalue weighted by Crippen LogP contribution is -2.31. The van der Waals surface area contributed by atoms with E-state index in [4.69, 9.17) is 16.3 Å². The molecule has 0 aliphatic heterocycles. The highest BCUT2D eigenvalue weighted by atomic mass is 35.5. The number of nitro groups is 1. The van der Waals surface area contributed by atoms with Gasteiger partial charge in [0.05, 0.1) is 22.6 Å². The van der Waals surface area contributed by atoms with Gasteiger partial charge in [0.15, 0.2) is 11.9 Å². The van der Waals surface area contributed by atoms with Crippen molar-refractivity contribution in [3.8, 4) is 0 Å². The molecule has 0 bridgehead atoms. The molecule has 2 aromatic rings. The number of amides is 1. The molecule has 2 rings (SSSR count). The zero-order valence-electron chi connectivity index (χ0n) is 16.4. The fraction of sp³-hybridized carbons (Fsp3) is 0.250. The van der Waals surface area contributed by atoms with Gasteiger partial charge in [-0.05, 0) is 37.3 Å². The Morgan fingerprint density at radius 1 is 1.12 bits per heavy atom. The van der Waals surface area contributed by atoms with E-state index in [1.807, 2.05) is 5.32 Å². The minimum atomic E-state index is -4.98. The number of benzene rings is 2. The molecular weight excluding hydrogens is 457 g/mol. The summed E-state index contributed by atoms with van der Waals surface area (Å²) < 4.78 is 44.4. The van der Waals surface area contributed by atoms with Crippen LogP contribution < -0.4 is 5.32 Å². The van der Waals surface area contributed by atoms with Crippen molar-refractivity contribution in [1.29, 1.82) is 0 Å². The first-order chi connectivity index (χ1) is 14.9. The molecule has 8 nitrogen and oxygen atoms in total. The quantitative estimate of drug-likeness (QED) is 0.255. The third-order valence-electron chi connectivity index (χ3n) is 4.18. The summed E-state index contributed by atoms with van der Waals surface area (Å²) in [6, 6.07) is 7.79. The number of halogens is 4. The molecule has 0 aliphatic rings. The Bertz CT molecular complexity index is 1040. The molecule has 1 N–H and O–H groups in total. The molecular formula is C20H16ClF3N2O6. The van der Waals surface area contributed by atoms with Crippen LogP contribution in [0.4, 0.5) is 24.5 Å². The smallest absolute Gasteiger partial charge is 0.418 e. The van der Waals surface area contributed by atoms with Gasteiger partial charge in [-0.3, -0.25) is 24.5 Å². The summed E-state index contributed by atoms with van der Waals surface area (Å²) in [6.45, 7) is 1.13. The SMILES string of the molecule is CC(OC(=O)CCC(=O)c1ccc(Cl)cc1)C(=O)Nc1ccc([N+](=O)[O-])cc1C(F)(F)F. The van der Waals surface area contributed by atoms with Crippen LogP contribution in [0.15, 0.2) is 42.5 Å². The largest absolute Gasteiger partial charge is 0.453 e. The normalized spacial score (nSPS) is 12.0.